The molecule has 1 aromatic rings. The third-order valence-corrected chi connectivity index (χ3v) is 2.02. The first-order chi connectivity index (χ1) is 6.68. The predicted molar refractivity (Wildman–Crippen MR) is 59.3 cm³/mol. The van der Waals surface area contributed by atoms with Gasteiger partial charge in [0.05, 0.1) is 0 Å². The summed E-state index contributed by atoms with van der Waals surface area (Å²) in [5.41, 5.74) is 1.10. The summed E-state index contributed by atoms with van der Waals surface area (Å²) in [7, 11) is 0. The topological polar surface area (TPSA) is 37.8 Å². The van der Waals surface area contributed by atoms with E-state index in [-0.39, 0.29) is 0 Å². The van der Waals surface area contributed by atoms with Crippen LogP contribution in [-0.4, -0.2) is 16.5 Å². The first-order valence-corrected chi connectivity index (χ1v) is 5.21. The Labute approximate surface area is 86.0 Å². The first kappa shape index (κ1) is 11.0. The Morgan fingerprint density at radius 3 is 2.50 bits per heavy atom. The Balaban J connectivity index is 2.21. The van der Waals surface area contributed by atoms with Gasteiger partial charge in [0.2, 0.25) is 5.95 Å². The Morgan fingerprint density at radius 1 is 1.29 bits per heavy atom. The zero-order chi connectivity index (χ0) is 10.4. The van der Waals surface area contributed by atoms with Gasteiger partial charge in [-0.3, -0.25) is 0 Å². The van der Waals surface area contributed by atoms with Gasteiger partial charge in [-0.15, -0.1) is 0 Å². The van der Waals surface area contributed by atoms with Crippen LogP contribution < -0.4 is 5.32 Å². The molecule has 3 nitrogen and oxygen atoms in total. The Morgan fingerprint density at radius 2 is 1.93 bits per heavy atom. The van der Waals surface area contributed by atoms with Crippen LogP contribution in [0.5, 0.6) is 0 Å². The van der Waals surface area contributed by atoms with Crippen molar-refractivity contribution in [2.45, 2.75) is 33.6 Å². The van der Waals surface area contributed by atoms with Crippen molar-refractivity contribution in [3.63, 3.8) is 0 Å². The third-order valence-electron chi connectivity index (χ3n) is 2.02. The monoisotopic (exact) mass is 193 g/mol. The number of nitrogens with one attached hydrogen (secondary N) is 1. The van der Waals surface area contributed by atoms with Crippen LogP contribution in [0.2, 0.25) is 0 Å². The highest BCUT2D eigenvalue weighted by molar-refractivity contribution is 5.23. The second-order valence-corrected chi connectivity index (χ2v) is 4.05. The molecule has 0 aliphatic rings. The molecule has 3 heteroatoms. The summed E-state index contributed by atoms with van der Waals surface area (Å²) in [5, 5.41) is 3.20. The molecule has 0 radical (unpaired) electrons. The van der Waals surface area contributed by atoms with Crippen LogP contribution in [0.25, 0.3) is 0 Å². The van der Waals surface area contributed by atoms with Crippen molar-refractivity contribution in [2.75, 3.05) is 11.9 Å². The van der Waals surface area contributed by atoms with Gasteiger partial charge in [0.25, 0.3) is 0 Å². The van der Waals surface area contributed by atoms with Gasteiger partial charge >= 0.3 is 0 Å². The molecular weight excluding hydrogens is 174 g/mol. The van der Waals surface area contributed by atoms with Crippen molar-refractivity contribution in [3.05, 3.63) is 18.0 Å². The molecule has 1 N–H and O–H groups in total. The first-order valence-electron chi connectivity index (χ1n) is 5.21. The highest BCUT2D eigenvalue weighted by Gasteiger charge is 1.96. The van der Waals surface area contributed by atoms with Crippen LogP contribution in [0.4, 0.5) is 5.95 Å². The molecule has 0 aromatic carbocycles. The van der Waals surface area contributed by atoms with Gasteiger partial charge in [0.1, 0.15) is 0 Å². The molecule has 0 amide bonds. The lowest BCUT2D eigenvalue weighted by atomic mass is 10.1. The SMILES string of the molecule is Cc1cnc(NCCCC(C)C)nc1. The minimum Gasteiger partial charge on any atom is -0.354 e. The standard InChI is InChI=1S/C11H19N3/c1-9(2)5-4-6-12-11-13-7-10(3)8-14-11/h7-9H,4-6H2,1-3H3,(H,12,13,14). The van der Waals surface area contributed by atoms with Gasteiger partial charge in [-0.25, -0.2) is 9.97 Å². The van der Waals surface area contributed by atoms with E-state index in [1.807, 2.05) is 19.3 Å². The largest absolute Gasteiger partial charge is 0.354 e. The molecule has 0 atom stereocenters. The summed E-state index contributed by atoms with van der Waals surface area (Å²) < 4.78 is 0. The molecule has 1 aromatic heterocycles. The van der Waals surface area contributed by atoms with Crippen molar-refractivity contribution in [2.24, 2.45) is 5.92 Å². The summed E-state index contributed by atoms with van der Waals surface area (Å²) in [6, 6.07) is 0. The molecule has 14 heavy (non-hydrogen) atoms. The van der Waals surface area contributed by atoms with Gasteiger partial charge in [-0.2, -0.15) is 0 Å². The van der Waals surface area contributed by atoms with Crippen molar-refractivity contribution in [3.8, 4) is 0 Å². The van der Waals surface area contributed by atoms with E-state index in [0.717, 1.165) is 24.0 Å². The molecule has 1 heterocycles. The fourth-order valence-corrected chi connectivity index (χ4v) is 1.19. The van der Waals surface area contributed by atoms with Gasteiger partial charge in [-0.1, -0.05) is 13.8 Å². The van der Waals surface area contributed by atoms with Crippen LogP contribution >= 0.6 is 0 Å². The van der Waals surface area contributed by atoms with Gasteiger partial charge in [-0.05, 0) is 31.2 Å². The second kappa shape index (κ2) is 5.58. The summed E-state index contributed by atoms with van der Waals surface area (Å²) in [5.74, 6) is 1.51. The van der Waals surface area contributed by atoms with E-state index < -0.39 is 0 Å². The normalized spacial score (nSPS) is 10.6. The minimum atomic E-state index is 0.736. The van der Waals surface area contributed by atoms with Gasteiger partial charge in [0.15, 0.2) is 0 Å². The summed E-state index contributed by atoms with van der Waals surface area (Å²) in [6.45, 7) is 7.43. The molecule has 1 rings (SSSR count). The minimum absolute atomic E-state index is 0.736. The van der Waals surface area contributed by atoms with Crippen molar-refractivity contribution >= 4 is 5.95 Å². The van der Waals surface area contributed by atoms with Crippen LogP contribution in [0.3, 0.4) is 0 Å². The molecule has 0 fully saturated rings. The molecular formula is C11H19N3. The molecule has 0 aliphatic carbocycles. The zero-order valence-electron chi connectivity index (χ0n) is 9.25. The highest BCUT2D eigenvalue weighted by Crippen LogP contribution is 2.04. The van der Waals surface area contributed by atoms with E-state index in [2.05, 4.69) is 29.1 Å². The van der Waals surface area contributed by atoms with Crippen LogP contribution in [0.15, 0.2) is 12.4 Å². The fraction of sp³-hybridized carbons (Fsp3) is 0.636. The zero-order valence-corrected chi connectivity index (χ0v) is 9.25. The van der Waals surface area contributed by atoms with E-state index >= 15 is 0 Å². The number of aryl methyl sites for hydroxylation is 1. The average molecular weight is 193 g/mol. The van der Waals surface area contributed by atoms with E-state index in [9.17, 15) is 0 Å². The molecule has 0 unspecified atom stereocenters. The predicted octanol–water partition coefficient (Wildman–Crippen LogP) is 2.63. The fourth-order valence-electron chi connectivity index (χ4n) is 1.19. The lowest BCUT2D eigenvalue weighted by Gasteiger charge is -2.06. The number of hydrogen-bond donors (Lipinski definition) is 1. The number of nitrogens with zero attached hydrogens (tertiary/aromatic N) is 2. The summed E-state index contributed by atoms with van der Waals surface area (Å²) in [4.78, 5) is 8.35. The third kappa shape index (κ3) is 4.21. The van der Waals surface area contributed by atoms with Crippen molar-refractivity contribution in [1.82, 2.24) is 9.97 Å². The summed E-state index contributed by atoms with van der Waals surface area (Å²) in [6.07, 6.45) is 6.09. The van der Waals surface area contributed by atoms with E-state index in [1.54, 1.807) is 0 Å². The number of rotatable bonds is 5. The maximum absolute atomic E-state index is 4.17. The summed E-state index contributed by atoms with van der Waals surface area (Å²) >= 11 is 0. The molecule has 0 bridgehead atoms. The lowest BCUT2D eigenvalue weighted by molar-refractivity contribution is 0.566. The lowest BCUT2D eigenvalue weighted by Crippen LogP contribution is -2.06. The molecule has 0 saturated heterocycles. The van der Waals surface area contributed by atoms with Crippen molar-refractivity contribution in [1.29, 1.82) is 0 Å². The Hall–Kier alpha value is -1.12. The number of anilines is 1. The van der Waals surface area contributed by atoms with Crippen LogP contribution in [0.1, 0.15) is 32.3 Å². The van der Waals surface area contributed by atoms with E-state index in [1.165, 1.54) is 12.8 Å². The Bertz CT molecular complexity index is 254. The Kier molecular flexibility index (Phi) is 4.36. The van der Waals surface area contributed by atoms with E-state index in [4.69, 9.17) is 0 Å². The average Bonchev–Trinajstić information content (AvgIpc) is 2.15. The maximum Gasteiger partial charge on any atom is 0.222 e. The molecule has 0 saturated carbocycles. The van der Waals surface area contributed by atoms with Gasteiger partial charge < -0.3 is 5.32 Å². The molecule has 78 valence electrons. The molecule has 0 aliphatic heterocycles. The number of aromatic nitrogens is 2. The quantitative estimate of drug-likeness (QED) is 0.730. The number of hydrogen-bond acceptors (Lipinski definition) is 3. The second-order valence-electron chi connectivity index (χ2n) is 4.05. The van der Waals surface area contributed by atoms with Crippen LogP contribution in [-0.2, 0) is 0 Å². The highest BCUT2D eigenvalue weighted by atomic mass is 15.1. The smallest absolute Gasteiger partial charge is 0.222 e. The maximum atomic E-state index is 4.17. The van der Waals surface area contributed by atoms with Crippen molar-refractivity contribution < 1.29 is 0 Å². The molecule has 0 spiro atoms. The van der Waals surface area contributed by atoms with E-state index in [0.29, 0.717) is 0 Å². The van der Waals surface area contributed by atoms with Gasteiger partial charge in [0, 0.05) is 18.9 Å². The van der Waals surface area contributed by atoms with Crippen LogP contribution in [0, 0.1) is 12.8 Å².